The summed E-state index contributed by atoms with van der Waals surface area (Å²) in [7, 11) is 0. The molecule has 0 bridgehead atoms. The number of benzene rings is 1. The Kier molecular flexibility index (Phi) is 2.96. The Morgan fingerprint density at radius 1 is 1.20 bits per heavy atom. The lowest BCUT2D eigenvalue weighted by Crippen LogP contribution is -1.85. The van der Waals surface area contributed by atoms with Crippen LogP contribution in [-0.4, -0.2) is 16.7 Å². The maximum absolute atomic E-state index is 8.63. The van der Waals surface area contributed by atoms with Crippen molar-refractivity contribution in [2.24, 2.45) is 0 Å². The Bertz CT molecular complexity index is 517. The Hall–Kier alpha value is -1.85. The van der Waals surface area contributed by atoms with Gasteiger partial charge in [-0.2, -0.15) is 0 Å². The quantitative estimate of drug-likeness (QED) is 0.709. The highest BCUT2D eigenvalue weighted by Crippen LogP contribution is 2.14. The summed E-state index contributed by atoms with van der Waals surface area (Å²) in [6, 6.07) is 9.97. The van der Waals surface area contributed by atoms with Gasteiger partial charge in [0, 0.05) is 18.0 Å². The van der Waals surface area contributed by atoms with Gasteiger partial charge in [0.05, 0.1) is 6.61 Å². The van der Waals surface area contributed by atoms with Gasteiger partial charge in [-0.15, -0.1) is 0 Å². The zero-order valence-corrected chi connectivity index (χ0v) is 8.27. The maximum atomic E-state index is 8.63. The highest BCUT2D eigenvalue weighted by atomic mass is 16.2. The molecule has 74 valence electrons. The monoisotopic (exact) mass is 197 g/mol. The van der Waals surface area contributed by atoms with Crippen molar-refractivity contribution in [3.63, 3.8) is 0 Å². The predicted octanol–water partition coefficient (Wildman–Crippen LogP) is 1.97. The summed E-state index contributed by atoms with van der Waals surface area (Å²) in [5, 5.41) is 10.8. The van der Waals surface area contributed by atoms with E-state index in [9.17, 15) is 0 Å². The highest BCUT2D eigenvalue weighted by molar-refractivity contribution is 5.86. The van der Waals surface area contributed by atoms with Crippen molar-refractivity contribution in [3.05, 3.63) is 42.2 Å². The van der Waals surface area contributed by atoms with Crippen molar-refractivity contribution in [1.29, 1.82) is 0 Å². The average Bonchev–Trinajstić information content (AvgIpc) is 2.30. The fourth-order valence-corrected chi connectivity index (χ4v) is 1.42. The first-order valence-electron chi connectivity index (χ1n) is 4.85. The summed E-state index contributed by atoms with van der Waals surface area (Å²) in [5.74, 6) is 5.85. The number of fused-ring (bicyclic) bond motifs is 1. The van der Waals surface area contributed by atoms with Crippen LogP contribution in [0.1, 0.15) is 12.1 Å². The molecule has 0 spiro atoms. The Morgan fingerprint density at radius 3 is 2.93 bits per heavy atom. The Balaban J connectivity index is 2.48. The number of aliphatic hydroxyl groups excluding tert-OH is 1. The fraction of sp³-hybridized carbons (Fsp3) is 0.154. The average molecular weight is 197 g/mol. The number of pyridine rings is 1. The van der Waals surface area contributed by atoms with Crippen LogP contribution < -0.4 is 0 Å². The van der Waals surface area contributed by atoms with Crippen molar-refractivity contribution in [2.75, 3.05) is 6.61 Å². The van der Waals surface area contributed by atoms with Crippen molar-refractivity contribution >= 4 is 10.8 Å². The standard InChI is InChI=1S/C13H11NO/c15-10-4-3-7-13-12-6-2-1-5-11(12)8-9-14-13/h1-2,5-6,8-9,15H,4,10H2. The van der Waals surface area contributed by atoms with Crippen LogP contribution in [0.3, 0.4) is 0 Å². The minimum absolute atomic E-state index is 0.0950. The first kappa shape index (κ1) is 9.70. The van der Waals surface area contributed by atoms with Gasteiger partial charge in [-0.1, -0.05) is 30.2 Å². The van der Waals surface area contributed by atoms with Gasteiger partial charge in [-0.3, -0.25) is 0 Å². The second-order valence-corrected chi connectivity index (χ2v) is 3.16. The summed E-state index contributed by atoms with van der Waals surface area (Å²) < 4.78 is 0. The lowest BCUT2D eigenvalue weighted by Gasteiger charge is -1.98. The summed E-state index contributed by atoms with van der Waals surface area (Å²) in [6.45, 7) is 0.0950. The second kappa shape index (κ2) is 4.59. The van der Waals surface area contributed by atoms with E-state index in [0.717, 1.165) is 16.5 Å². The SMILES string of the molecule is OCCC#Cc1nccc2ccccc12. The smallest absolute Gasteiger partial charge is 0.120 e. The molecule has 2 nitrogen and oxygen atoms in total. The van der Waals surface area contributed by atoms with Gasteiger partial charge in [0.15, 0.2) is 0 Å². The molecule has 0 aliphatic carbocycles. The lowest BCUT2D eigenvalue weighted by atomic mass is 10.1. The molecular formula is C13H11NO. The number of aliphatic hydroxyl groups is 1. The van der Waals surface area contributed by atoms with Crippen LogP contribution in [0.5, 0.6) is 0 Å². The van der Waals surface area contributed by atoms with E-state index in [-0.39, 0.29) is 6.61 Å². The largest absolute Gasteiger partial charge is 0.395 e. The molecule has 0 fully saturated rings. The van der Waals surface area contributed by atoms with E-state index < -0.39 is 0 Å². The number of nitrogens with zero attached hydrogens (tertiary/aromatic N) is 1. The van der Waals surface area contributed by atoms with Gasteiger partial charge in [0.2, 0.25) is 0 Å². The van der Waals surface area contributed by atoms with E-state index >= 15 is 0 Å². The molecule has 0 unspecified atom stereocenters. The second-order valence-electron chi connectivity index (χ2n) is 3.16. The molecule has 1 aromatic carbocycles. The fourth-order valence-electron chi connectivity index (χ4n) is 1.42. The molecule has 1 aromatic heterocycles. The number of rotatable bonds is 1. The van der Waals surface area contributed by atoms with E-state index in [2.05, 4.69) is 16.8 Å². The van der Waals surface area contributed by atoms with Crippen LogP contribution >= 0.6 is 0 Å². The van der Waals surface area contributed by atoms with Gasteiger partial charge in [0.1, 0.15) is 5.69 Å². The minimum atomic E-state index is 0.0950. The normalized spacial score (nSPS) is 9.67. The summed E-state index contributed by atoms with van der Waals surface area (Å²) in [5.41, 5.74) is 0.779. The van der Waals surface area contributed by atoms with Crippen molar-refractivity contribution in [2.45, 2.75) is 6.42 Å². The van der Waals surface area contributed by atoms with E-state index in [0.29, 0.717) is 6.42 Å². The Morgan fingerprint density at radius 2 is 2.07 bits per heavy atom. The van der Waals surface area contributed by atoms with E-state index in [1.165, 1.54) is 0 Å². The molecule has 0 radical (unpaired) electrons. The van der Waals surface area contributed by atoms with E-state index in [1.807, 2.05) is 30.3 Å². The Labute approximate surface area is 88.6 Å². The van der Waals surface area contributed by atoms with Gasteiger partial charge in [-0.25, -0.2) is 4.98 Å². The van der Waals surface area contributed by atoms with Crippen molar-refractivity contribution < 1.29 is 5.11 Å². The first-order chi connectivity index (χ1) is 7.42. The van der Waals surface area contributed by atoms with Gasteiger partial charge < -0.3 is 5.11 Å². The third-order valence-corrected chi connectivity index (χ3v) is 2.12. The van der Waals surface area contributed by atoms with Crippen molar-refractivity contribution in [1.82, 2.24) is 4.98 Å². The zero-order valence-electron chi connectivity index (χ0n) is 8.27. The molecule has 2 rings (SSSR count). The van der Waals surface area contributed by atoms with E-state index in [4.69, 9.17) is 5.11 Å². The molecule has 0 atom stereocenters. The number of hydrogen-bond acceptors (Lipinski definition) is 2. The van der Waals surface area contributed by atoms with Crippen LogP contribution in [0.25, 0.3) is 10.8 Å². The lowest BCUT2D eigenvalue weighted by molar-refractivity contribution is 0.305. The predicted molar refractivity (Wildman–Crippen MR) is 60.3 cm³/mol. The zero-order chi connectivity index (χ0) is 10.5. The highest BCUT2D eigenvalue weighted by Gasteiger charge is 1.96. The summed E-state index contributed by atoms with van der Waals surface area (Å²) >= 11 is 0. The summed E-state index contributed by atoms with van der Waals surface area (Å²) in [4.78, 5) is 4.22. The van der Waals surface area contributed by atoms with Crippen LogP contribution in [0.2, 0.25) is 0 Å². The van der Waals surface area contributed by atoms with Crippen LogP contribution in [0.15, 0.2) is 36.5 Å². The van der Waals surface area contributed by atoms with Gasteiger partial charge >= 0.3 is 0 Å². The number of aromatic nitrogens is 1. The molecule has 1 heterocycles. The van der Waals surface area contributed by atoms with Crippen LogP contribution in [0, 0.1) is 11.8 Å². The molecule has 0 aliphatic rings. The topological polar surface area (TPSA) is 33.1 Å². The number of hydrogen-bond donors (Lipinski definition) is 1. The van der Waals surface area contributed by atoms with Gasteiger partial charge in [-0.05, 0) is 17.4 Å². The maximum Gasteiger partial charge on any atom is 0.120 e. The third kappa shape index (κ3) is 2.15. The summed E-state index contributed by atoms with van der Waals surface area (Å²) in [6.07, 6.45) is 2.25. The molecule has 2 aromatic rings. The van der Waals surface area contributed by atoms with Crippen molar-refractivity contribution in [3.8, 4) is 11.8 Å². The molecule has 0 aliphatic heterocycles. The van der Waals surface area contributed by atoms with Gasteiger partial charge in [0.25, 0.3) is 0 Å². The third-order valence-electron chi connectivity index (χ3n) is 2.12. The molecule has 15 heavy (non-hydrogen) atoms. The molecular weight excluding hydrogens is 186 g/mol. The molecule has 2 heteroatoms. The van der Waals surface area contributed by atoms with Crippen LogP contribution in [0.4, 0.5) is 0 Å². The molecule has 0 saturated heterocycles. The van der Waals surface area contributed by atoms with Crippen LogP contribution in [-0.2, 0) is 0 Å². The molecule has 0 saturated carbocycles. The molecule has 1 N–H and O–H groups in total. The minimum Gasteiger partial charge on any atom is -0.395 e. The first-order valence-corrected chi connectivity index (χ1v) is 4.85. The van der Waals surface area contributed by atoms with E-state index in [1.54, 1.807) is 6.20 Å². The molecule has 0 amide bonds.